The Balaban J connectivity index is 1.70. The molecule has 38 heavy (non-hydrogen) atoms. The molecular formula is C31H32Cl2N2O3. The number of rotatable bonds is 8. The Morgan fingerprint density at radius 2 is 1.76 bits per heavy atom. The molecule has 0 bridgehead atoms. The second kappa shape index (κ2) is 10.7. The number of carbonyl (C=O) groups is 2. The van der Waals surface area contributed by atoms with Crippen LogP contribution in [0.1, 0.15) is 92.4 Å². The fourth-order valence-corrected chi connectivity index (χ4v) is 6.36. The highest BCUT2D eigenvalue weighted by atomic mass is 35.5. The van der Waals surface area contributed by atoms with Crippen LogP contribution in [0.4, 0.5) is 0 Å². The molecule has 0 spiro atoms. The topological polar surface area (TPSA) is 70.5 Å². The number of benzene rings is 2. The van der Waals surface area contributed by atoms with Crippen molar-refractivity contribution in [2.75, 3.05) is 0 Å². The second-order valence-electron chi connectivity index (χ2n) is 10.9. The third kappa shape index (κ3) is 5.32. The Labute approximate surface area is 233 Å². The molecule has 4 atom stereocenters. The molecule has 1 aliphatic heterocycles. The standard InChI is InChI=1S/C31H32Cl2N2O3/c1-3-27(26-9-5-8-25(34-26)19-10-11-19)35-29(20-12-14-22(32)15-13-20)24(21-6-4-7-23(33)16-21)17-31(2,30(35)38)18-28(36)37/h4-9,12-16,19,24,27,29H,3,10-11,17-18H2,1-2H3,(H,36,37)/t24-,27-,29-,31+/m1/s1. The summed E-state index contributed by atoms with van der Waals surface area (Å²) in [7, 11) is 0. The van der Waals surface area contributed by atoms with E-state index in [1.54, 1.807) is 6.92 Å². The molecule has 1 aromatic heterocycles. The van der Waals surface area contributed by atoms with Crippen molar-refractivity contribution in [3.63, 3.8) is 0 Å². The number of nitrogens with zero attached hydrogens (tertiary/aromatic N) is 2. The summed E-state index contributed by atoms with van der Waals surface area (Å²) in [6.45, 7) is 3.84. The number of pyridine rings is 1. The fourth-order valence-electron chi connectivity index (χ4n) is 6.03. The largest absolute Gasteiger partial charge is 0.481 e. The molecule has 1 saturated carbocycles. The summed E-state index contributed by atoms with van der Waals surface area (Å²) in [6.07, 6.45) is 3.04. The fraction of sp³-hybridized carbons (Fsp3) is 0.387. The predicted octanol–water partition coefficient (Wildman–Crippen LogP) is 7.96. The number of likely N-dealkylation sites (tertiary alicyclic amines) is 1. The number of piperidine rings is 1. The van der Waals surface area contributed by atoms with Crippen molar-refractivity contribution in [1.82, 2.24) is 9.88 Å². The Kier molecular flexibility index (Phi) is 7.52. The smallest absolute Gasteiger partial charge is 0.304 e. The van der Waals surface area contributed by atoms with Gasteiger partial charge in [0.05, 0.1) is 29.6 Å². The molecule has 0 unspecified atom stereocenters. The highest BCUT2D eigenvalue weighted by Gasteiger charge is 2.52. The van der Waals surface area contributed by atoms with Gasteiger partial charge in [0.2, 0.25) is 5.91 Å². The van der Waals surface area contributed by atoms with E-state index in [4.69, 9.17) is 28.2 Å². The summed E-state index contributed by atoms with van der Waals surface area (Å²) in [5.41, 5.74) is 2.73. The molecule has 2 aliphatic rings. The maximum absolute atomic E-state index is 14.5. The molecule has 3 aromatic rings. The SMILES string of the molecule is CC[C@H](c1cccc(C2CC2)n1)N1C(=O)[C@](C)(CC(=O)O)C[C@H](c2cccc(Cl)c2)[C@H]1c1ccc(Cl)cc1. The summed E-state index contributed by atoms with van der Waals surface area (Å²) in [5.74, 6) is -0.855. The number of aliphatic carboxylic acids is 1. The summed E-state index contributed by atoms with van der Waals surface area (Å²) in [6, 6.07) is 20.7. The highest BCUT2D eigenvalue weighted by Crippen LogP contribution is 2.54. The number of carboxylic acid groups (broad SMARTS) is 1. The van der Waals surface area contributed by atoms with Crippen LogP contribution in [0.25, 0.3) is 0 Å². The van der Waals surface area contributed by atoms with E-state index in [0.29, 0.717) is 28.8 Å². The van der Waals surface area contributed by atoms with E-state index in [1.807, 2.05) is 65.6 Å². The zero-order valence-electron chi connectivity index (χ0n) is 21.6. The van der Waals surface area contributed by atoms with E-state index < -0.39 is 11.4 Å². The number of aromatic nitrogens is 1. The lowest BCUT2D eigenvalue weighted by Crippen LogP contribution is -2.53. The van der Waals surface area contributed by atoms with Crippen molar-refractivity contribution < 1.29 is 14.7 Å². The van der Waals surface area contributed by atoms with E-state index in [9.17, 15) is 14.7 Å². The van der Waals surface area contributed by atoms with Crippen molar-refractivity contribution in [3.05, 3.63) is 99.3 Å². The van der Waals surface area contributed by atoms with Gasteiger partial charge in [-0.3, -0.25) is 14.6 Å². The van der Waals surface area contributed by atoms with Gasteiger partial charge in [0, 0.05) is 27.6 Å². The molecule has 1 saturated heterocycles. The van der Waals surface area contributed by atoms with Gasteiger partial charge in [-0.2, -0.15) is 0 Å². The van der Waals surface area contributed by atoms with Crippen molar-refractivity contribution in [3.8, 4) is 0 Å². The van der Waals surface area contributed by atoms with Gasteiger partial charge >= 0.3 is 5.97 Å². The molecule has 1 amide bonds. The van der Waals surface area contributed by atoms with Gasteiger partial charge in [-0.1, -0.05) is 67.4 Å². The van der Waals surface area contributed by atoms with Crippen LogP contribution in [-0.4, -0.2) is 26.9 Å². The maximum atomic E-state index is 14.5. The van der Waals surface area contributed by atoms with Crippen molar-refractivity contribution >= 4 is 35.1 Å². The van der Waals surface area contributed by atoms with Crippen molar-refractivity contribution in [2.45, 2.75) is 69.9 Å². The van der Waals surface area contributed by atoms with Gasteiger partial charge in [-0.25, -0.2) is 0 Å². The number of carboxylic acids is 1. The van der Waals surface area contributed by atoms with Crippen LogP contribution in [0.5, 0.6) is 0 Å². The van der Waals surface area contributed by atoms with Gasteiger partial charge < -0.3 is 10.0 Å². The molecule has 7 heteroatoms. The first kappa shape index (κ1) is 26.7. The van der Waals surface area contributed by atoms with E-state index in [1.165, 1.54) is 0 Å². The lowest BCUT2D eigenvalue weighted by Gasteiger charge is -2.51. The van der Waals surface area contributed by atoms with Crippen LogP contribution in [0.15, 0.2) is 66.7 Å². The van der Waals surface area contributed by atoms with Crippen molar-refractivity contribution in [2.24, 2.45) is 5.41 Å². The zero-order chi connectivity index (χ0) is 27.0. The molecular weight excluding hydrogens is 519 g/mol. The van der Waals surface area contributed by atoms with E-state index in [0.717, 1.165) is 35.4 Å². The molecule has 198 valence electrons. The quantitative estimate of drug-likeness (QED) is 0.308. The Morgan fingerprint density at radius 1 is 1.05 bits per heavy atom. The molecule has 2 heterocycles. The number of carbonyl (C=O) groups excluding carboxylic acids is 1. The number of halogens is 2. The number of hydrogen-bond acceptors (Lipinski definition) is 3. The molecule has 1 N–H and O–H groups in total. The molecule has 2 aromatic carbocycles. The van der Waals surface area contributed by atoms with Gasteiger partial charge in [0.25, 0.3) is 0 Å². The summed E-state index contributed by atoms with van der Waals surface area (Å²) < 4.78 is 0. The summed E-state index contributed by atoms with van der Waals surface area (Å²) in [5, 5.41) is 11.1. The first-order chi connectivity index (χ1) is 18.2. The third-order valence-corrected chi connectivity index (χ3v) is 8.47. The van der Waals surface area contributed by atoms with Crippen LogP contribution >= 0.6 is 23.2 Å². The Bertz CT molecular complexity index is 1340. The molecule has 5 nitrogen and oxygen atoms in total. The van der Waals surface area contributed by atoms with Crippen LogP contribution in [-0.2, 0) is 9.59 Å². The molecule has 1 aliphatic carbocycles. The maximum Gasteiger partial charge on any atom is 0.304 e. The third-order valence-electron chi connectivity index (χ3n) is 7.98. The normalized spacial score (nSPS) is 24.3. The van der Waals surface area contributed by atoms with E-state index in [-0.39, 0.29) is 30.3 Å². The Morgan fingerprint density at radius 3 is 2.39 bits per heavy atom. The van der Waals surface area contributed by atoms with Crippen LogP contribution in [0, 0.1) is 5.41 Å². The Hall–Kier alpha value is -2.89. The van der Waals surface area contributed by atoms with Gasteiger partial charge in [-0.15, -0.1) is 0 Å². The lowest BCUT2D eigenvalue weighted by molar-refractivity contribution is -0.161. The average molecular weight is 552 g/mol. The molecule has 2 fully saturated rings. The molecule has 0 radical (unpaired) electrons. The van der Waals surface area contributed by atoms with E-state index >= 15 is 0 Å². The first-order valence-corrected chi connectivity index (χ1v) is 14.0. The van der Waals surface area contributed by atoms with Crippen LogP contribution < -0.4 is 0 Å². The van der Waals surface area contributed by atoms with Gasteiger partial charge in [0.1, 0.15) is 0 Å². The first-order valence-electron chi connectivity index (χ1n) is 13.2. The minimum atomic E-state index is -1.09. The zero-order valence-corrected chi connectivity index (χ0v) is 23.1. The minimum absolute atomic E-state index is 0.163. The summed E-state index contributed by atoms with van der Waals surface area (Å²) in [4.78, 5) is 33.4. The van der Waals surface area contributed by atoms with Gasteiger partial charge in [0.15, 0.2) is 0 Å². The van der Waals surface area contributed by atoms with Gasteiger partial charge in [-0.05, 0) is 73.2 Å². The van der Waals surface area contributed by atoms with Crippen molar-refractivity contribution in [1.29, 1.82) is 0 Å². The number of amides is 1. The monoisotopic (exact) mass is 550 g/mol. The average Bonchev–Trinajstić information content (AvgIpc) is 3.73. The van der Waals surface area contributed by atoms with Crippen LogP contribution in [0.3, 0.4) is 0 Å². The van der Waals surface area contributed by atoms with E-state index in [2.05, 4.69) is 13.0 Å². The highest BCUT2D eigenvalue weighted by molar-refractivity contribution is 6.30. The predicted molar refractivity (Wildman–Crippen MR) is 149 cm³/mol. The lowest BCUT2D eigenvalue weighted by atomic mass is 9.67. The van der Waals surface area contributed by atoms with Crippen LogP contribution in [0.2, 0.25) is 10.0 Å². The second-order valence-corrected chi connectivity index (χ2v) is 11.8. The minimum Gasteiger partial charge on any atom is -0.481 e. The molecule has 5 rings (SSSR count). The summed E-state index contributed by atoms with van der Waals surface area (Å²) >= 11 is 12.7. The number of hydrogen-bond donors (Lipinski definition) is 1.